The summed E-state index contributed by atoms with van der Waals surface area (Å²) in [5, 5.41) is 10.3. The molecule has 0 fully saturated rings. The zero-order valence-electron chi connectivity index (χ0n) is 7.98. The predicted octanol–water partition coefficient (Wildman–Crippen LogP) is 3.93. The fourth-order valence-corrected chi connectivity index (χ4v) is 3.89. The highest BCUT2D eigenvalue weighted by atomic mass is 79.9. The lowest BCUT2D eigenvalue weighted by Gasteiger charge is -1.89. The normalized spacial score (nSPS) is 11.1. The summed E-state index contributed by atoms with van der Waals surface area (Å²) in [6.45, 7) is 0. The van der Waals surface area contributed by atoms with Gasteiger partial charge in [0.05, 0.1) is 5.03 Å². The topological polar surface area (TPSA) is 41.6 Å². The van der Waals surface area contributed by atoms with Crippen molar-refractivity contribution in [2.75, 3.05) is 0 Å². The van der Waals surface area contributed by atoms with Crippen LogP contribution in [0.2, 0.25) is 0 Å². The van der Waals surface area contributed by atoms with Crippen LogP contribution in [-0.2, 0) is 0 Å². The molecule has 0 spiro atoms. The third-order valence-electron chi connectivity index (χ3n) is 2.08. The van der Waals surface area contributed by atoms with Crippen molar-refractivity contribution in [1.29, 1.82) is 0 Å². The molecule has 2 heterocycles. The largest absolute Gasteiger partial charge is 0.349 e. The van der Waals surface area contributed by atoms with Gasteiger partial charge >= 0.3 is 0 Å². The fourth-order valence-electron chi connectivity index (χ4n) is 1.43. The number of nitrogens with zero attached hydrogens (tertiary/aromatic N) is 2. The van der Waals surface area contributed by atoms with Crippen LogP contribution in [0.3, 0.4) is 0 Å². The number of benzene rings is 1. The van der Waals surface area contributed by atoms with Crippen molar-refractivity contribution in [3.8, 4) is 0 Å². The molecule has 6 heteroatoms. The molecule has 0 aliphatic heterocycles. The van der Waals surface area contributed by atoms with E-state index in [9.17, 15) is 0 Å². The van der Waals surface area contributed by atoms with E-state index in [1.165, 1.54) is 16.7 Å². The highest BCUT2D eigenvalue weighted by Crippen LogP contribution is 2.32. The number of hydrogen-bond donors (Lipinski definition) is 1. The lowest BCUT2D eigenvalue weighted by atomic mass is 10.3. The zero-order valence-corrected chi connectivity index (χ0v) is 11.2. The maximum atomic E-state index is 4.05. The van der Waals surface area contributed by atoms with E-state index >= 15 is 0 Å². The van der Waals surface area contributed by atoms with Crippen LogP contribution in [0.5, 0.6) is 0 Å². The first-order valence-electron chi connectivity index (χ1n) is 4.56. The van der Waals surface area contributed by atoms with Crippen LogP contribution in [-0.4, -0.2) is 15.2 Å². The molecule has 0 atom stereocenters. The second kappa shape index (κ2) is 4.20. The minimum Gasteiger partial charge on any atom is -0.349 e. The van der Waals surface area contributed by atoms with Crippen molar-refractivity contribution in [3.05, 3.63) is 34.2 Å². The number of fused-ring (bicyclic) bond motifs is 1. The van der Waals surface area contributed by atoms with Gasteiger partial charge in [-0.3, -0.25) is 0 Å². The average Bonchev–Trinajstić information content (AvgIpc) is 2.84. The van der Waals surface area contributed by atoms with Gasteiger partial charge in [0.1, 0.15) is 0 Å². The lowest BCUT2D eigenvalue weighted by molar-refractivity contribution is 0.995. The van der Waals surface area contributed by atoms with E-state index in [0.717, 1.165) is 18.8 Å². The molecule has 1 aromatic carbocycles. The molecule has 0 amide bonds. The highest BCUT2D eigenvalue weighted by molar-refractivity contribution is 9.11. The molecular weight excluding hydrogens is 306 g/mol. The van der Waals surface area contributed by atoms with Crippen LogP contribution >= 0.6 is 39.0 Å². The molecule has 2 aromatic heterocycles. The number of H-pyrrole nitrogens is 1. The average molecular weight is 312 g/mol. The van der Waals surface area contributed by atoms with Crippen LogP contribution in [0.15, 0.2) is 43.6 Å². The van der Waals surface area contributed by atoms with E-state index in [1.54, 1.807) is 11.8 Å². The Kier molecular flexibility index (Phi) is 2.70. The summed E-state index contributed by atoms with van der Waals surface area (Å²) in [7, 11) is 0. The Bertz CT molecular complexity index is 599. The SMILES string of the molecule is Brc1nnc(Sc2cc3ccccc3[nH]2)s1. The molecule has 0 aliphatic carbocycles. The monoisotopic (exact) mass is 311 g/mol. The molecule has 3 nitrogen and oxygen atoms in total. The summed E-state index contributed by atoms with van der Waals surface area (Å²) in [4.78, 5) is 3.34. The fraction of sp³-hybridized carbons (Fsp3) is 0. The highest BCUT2D eigenvalue weighted by Gasteiger charge is 2.06. The number of nitrogens with one attached hydrogen (secondary N) is 1. The van der Waals surface area contributed by atoms with Gasteiger partial charge in [0, 0.05) is 10.9 Å². The van der Waals surface area contributed by atoms with E-state index in [1.807, 2.05) is 12.1 Å². The summed E-state index contributed by atoms with van der Waals surface area (Å²) in [6.07, 6.45) is 0. The van der Waals surface area contributed by atoms with Crippen LogP contribution in [0.25, 0.3) is 10.9 Å². The van der Waals surface area contributed by atoms with E-state index in [2.05, 4.69) is 49.3 Å². The Balaban J connectivity index is 1.95. The molecule has 0 radical (unpaired) electrons. The predicted molar refractivity (Wildman–Crippen MR) is 70.0 cm³/mol. The zero-order chi connectivity index (χ0) is 11.0. The molecule has 0 aliphatic rings. The van der Waals surface area contributed by atoms with Crippen LogP contribution < -0.4 is 0 Å². The molecular formula is C10H6BrN3S2. The van der Waals surface area contributed by atoms with Gasteiger partial charge in [0.2, 0.25) is 0 Å². The molecule has 80 valence electrons. The molecule has 0 unspecified atom stereocenters. The van der Waals surface area contributed by atoms with Gasteiger partial charge in [-0.05, 0) is 39.8 Å². The van der Waals surface area contributed by atoms with Gasteiger partial charge in [0.25, 0.3) is 0 Å². The van der Waals surface area contributed by atoms with Crippen LogP contribution in [0.4, 0.5) is 0 Å². The summed E-state index contributed by atoms with van der Waals surface area (Å²) in [5.41, 5.74) is 1.15. The lowest BCUT2D eigenvalue weighted by Crippen LogP contribution is -1.71. The summed E-state index contributed by atoms with van der Waals surface area (Å²) in [6, 6.07) is 10.3. The van der Waals surface area contributed by atoms with Crippen LogP contribution in [0, 0.1) is 0 Å². The molecule has 16 heavy (non-hydrogen) atoms. The number of aromatic amines is 1. The number of aromatic nitrogens is 3. The quantitative estimate of drug-likeness (QED) is 0.779. The summed E-state index contributed by atoms with van der Waals surface area (Å²) < 4.78 is 1.74. The molecule has 0 bridgehead atoms. The van der Waals surface area contributed by atoms with Crippen molar-refractivity contribution < 1.29 is 0 Å². The summed E-state index contributed by atoms with van der Waals surface area (Å²) >= 11 is 6.42. The van der Waals surface area contributed by atoms with Crippen molar-refractivity contribution in [2.24, 2.45) is 0 Å². The smallest absolute Gasteiger partial charge is 0.184 e. The van der Waals surface area contributed by atoms with E-state index in [-0.39, 0.29) is 0 Å². The number of halogens is 1. The molecule has 0 saturated carbocycles. The third kappa shape index (κ3) is 2.00. The minimum absolute atomic E-state index is 0.811. The summed E-state index contributed by atoms with van der Waals surface area (Å²) in [5.74, 6) is 0. The van der Waals surface area contributed by atoms with Gasteiger partial charge in [0.15, 0.2) is 8.26 Å². The molecule has 1 N–H and O–H groups in total. The Morgan fingerprint density at radius 1 is 1.25 bits per heavy atom. The number of para-hydroxylation sites is 1. The Morgan fingerprint density at radius 3 is 2.88 bits per heavy atom. The maximum Gasteiger partial charge on any atom is 0.184 e. The van der Waals surface area contributed by atoms with Crippen molar-refractivity contribution >= 4 is 49.9 Å². The van der Waals surface area contributed by atoms with Gasteiger partial charge in [-0.1, -0.05) is 29.5 Å². The maximum absolute atomic E-state index is 4.05. The Morgan fingerprint density at radius 2 is 2.12 bits per heavy atom. The van der Waals surface area contributed by atoms with Crippen molar-refractivity contribution in [2.45, 2.75) is 9.37 Å². The first-order valence-corrected chi connectivity index (χ1v) is 6.98. The standard InChI is InChI=1S/C10H6BrN3S2/c11-9-13-14-10(16-9)15-8-5-6-3-1-2-4-7(6)12-8/h1-5,12H. The molecule has 3 rings (SSSR count). The number of rotatable bonds is 2. The van der Waals surface area contributed by atoms with Gasteiger partial charge in [-0.2, -0.15) is 0 Å². The van der Waals surface area contributed by atoms with E-state index in [0.29, 0.717) is 0 Å². The third-order valence-corrected chi connectivity index (χ3v) is 4.43. The molecule has 3 aromatic rings. The second-order valence-corrected chi connectivity index (χ2v) is 6.69. The van der Waals surface area contributed by atoms with E-state index in [4.69, 9.17) is 0 Å². The van der Waals surface area contributed by atoms with Crippen LogP contribution in [0.1, 0.15) is 0 Å². The van der Waals surface area contributed by atoms with Gasteiger partial charge in [-0.25, -0.2) is 0 Å². The van der Waals surface area contributed by atoms with E-state index < -0.39 is 0 Å². The van der Waals surface area contributed by atoms with Gasteiger partial charge < -0.3 is 4.98 Å². The number of hydrogen-bond acceptors (Lipinski definition) is 4. The Hall–Kier alpha value is -0.850. The van der Waals surface area contributed by atoms with Crippen molar-refractivity contribution in [1.82, 2.24) is 15.2 Å². The first kappa shape index (κ1) is 10.3. The van der Waals surface area contributed by atoms with Gasteiger partial charge in [-0.15, -0.1) is 10.2 Å². The second-order valence-electron chi connectivity index (χ2n) is 3.14. The molecule has 0 saturated heterocycles. The first-order chi connectivity index (χ1) is 7.81. The minimum atomic E-state index is 0.811. The van der Waals surface area contributed by atoms with Crippen molar-refractivity contribution in [3.63, 3.8) is 0 Å². The Labute approximate surface area is 108 Å².